The quantitative estimate of drug-likeness (QED) is 0.871. The van der Waals surface area contributed by atoms with E-state index in [9.17, 15) is 0 Å². The Labute approximate surface area is 101 Å². The summed E-state index contributed by atoms with van der Waals surface area (Å²) in [6.07, 6.45) is 1.79. The molecule has 0 aliphatic heterocycles. The summed E-state index contributed by atoms with van der Waals surface area (Å²) in [6, 6.07) is 3.92. The second kappa shape index (κ2) is 4.95. The molecule has 0 aliphatic rings. The molecule has 0 amide bonds. The van der Waals surface area contributed by atoms with Crippen molar-refractivity contribution in [2.24, 2.45) is 0 Å². The molecule has 5 nitrogen and oxygen atoms in total. The fourth-order valence-corrected chi connectivity index (χ4v) is 1.67. The van der Waals surface area contributed by atoms with Gasteiger partial charge in [-0.1, -0.05) is 0 Å². The van der Waals surface area contributed by atoms with Gasteiger partial charge in [0.2, 0.25) is 0 Å². The fourth-order valence-electron chi connectivity index (χ4n) is 1.67. The number of nitrogens with zero attached hydrogens (tertiary/aromatic N) is 4. The normalized spacial score (nSPS) is 10.5. The van der Waals surface area contributed by atoms with E-state index in [1.54, 1.807) is 6.20 Å². The Morgan fingerprint density at radius 2 is 2.12 bits per heavy atom. The summed E-state index contributed by atoms with van der Waals surface area (Å²) in [5.74, 6) is 1.66. The second-order valence-corrected chi connectivity index (χ2v) is 3.97. The van der Waals surface area contributed by atoms with Gasteiger partial charge in [-0.2, -0.15) is 5.10 Å². The predicted molar refractivity (Wildman–Crippen MR) is 67.0 cm³/mol. The average Bonchev–Trinajstić information content (AvgIpc) is 2.64. The van der Waals surface area contributed by atoms with Gasteiger partial charge in [0.05, 0.1) is 0 Å². The van der Waals surface area contributed by atoms with E-state index < -0.39 is 0 Å². The number of nitrogens with one attached hydrogen (secondary N) is 1. The molecule has 0 atom stereocenters. The lowest BCUT2D eigenvalue weighted by Gasteiger charge is -2.08. The van der Waals surface area contributed by atoms with E-state index in [1.807, 2.05) is 30.7 Å². The summed E-state index contributed by atoms with van der Waals surface area (Å²) in [4.78, 5) is 8.88. The van der Waals surface area contributed by atoms with E-state index in [2.05, 4.69) is 27.3 Å². The van der Waals surface area contributed by atoms with Gasteiger partial charge in [0.15, 0.2) is 5.82 Å². The summed E-state index contributed by atoms with van der Waals surface area (Å²) < 4.78 is 1.89. The van der Waals surface area contributed by atoms with Gasteiger partial charge in [-0.25, -0.2) is 9.97 Å². The highest BCUT2D eigenvalue weighted by molar-refractivity contribution is 5.35. The molecule has 0 saturated carbocycles. The molecule has 2 heterocycles. The Hall–Kier alpha value is -1.91. The third kappa shape index (κ3) is 2.81. The van der Waals surface area contributed by atoms with Crippen LogP contribution >= 0.6 is 0 Å². The summed E-state index contributed by atoms with van der Waals surface area (Å²) in [6.45, 7) is 7.51. The van der Waals surface area contributed by atoms with Crippen molar-refractivity contribution in [1.29, 1.82) is 0 Å². The van der Waals surface area contributed by atoms with E-state index in [-0.39, 0.29) is 0 Å². The molecule has 0 spiro atoms. The Morgan fingerprint density at radius 3 is 2.76 bits per heavy atom. The number of hydrogen-bond acceptors (Lipinski definition) is 4. The molecule has 1 N–H and O–H groups in total. The fraction of sp³-hybridized carbons (Fsp3) is 0.417. The predicted octanol–water partition coefficient (Wildman–Crippen LogP) is 1.77. The number of hydrogen-bond donors (Lipinski definition) is 1. The van der Waals surface area contributed by atoms with Crippen molar-refractivity contribution in [2.45, 2.75) is 27.3 Å². The Balaban J connectivity index is 2.23. The first-order chi connectivity index (χ1) is 8.19. The lowest BCUT2D eigenvalue weighted by Crippen LogP contribution is -2.10. The first-order valence-corrected chi connectivity index (χ1v) is 5.76. The van der Waals surface area contributed by atoms with E-state index in [1.165, 1.54) is 0 Å². The minimum Gasteiger partial charge on any atom is -0.370 e. The van der Waals surface area contributed by atoms with Crippen LogP contribution in [0.15, 0.2) is 18.3 Å². The maximum absolute atomic E-state index is 4.46. The minimum absolute atomic E-state index is 0.610. The molecule has 0 aliphatic carbocycles. The first kappa shape index (κ1) is 11.6. The van der Waals surface area contributed by atoms with Gasteiger partial charge >= 0.3 is 0 Å². The van der Waals surface area contributed by atoms with E-state index in [4.69, 9.17) is 0 Å². The molecule has 2 aromatic heterocycles. The van der Waals surface area contributed by atoms with E-state index in [0.717, 1.165) is 29.6 Å². The maximum Gasteiger partial charge on any atom is 0.152 e. The van der Waals surface area contributed by atoms with Crippen molar-refractivity contribution in [2.75, 3.05) is 11.9 Å². The highest BCUT2D eigenvalue weighted by Gasteiger charge is 2.04. The highest BCUT2D eigenvalue weighted by atomic mass is 15.3. The Kier molecular flexibility index (Phi) is 3.37. The molecule has 90 valence electrons. The van der Waals surface area contributed by atoms with Gasteiger partial charge in [-0.05, 0) is 26.8 Å². The molecule has 2 rings (SSSR count). The summed E-state index contributed by atoms with van der Waals surface area (Å²) in [5.41, 5.74) is 2.08. The molecule has 0 saturated heterocycles. The molecule has 0 radical (unpaired) electrons. The molecular formula is C12H17N5. The van der Waals surface area contributed by atoms with Gasteiger partial charge < -0.3 is 5.32 Å². The summed E-state index contributed by atoms with van der Waals surface area (Å²) in [5, 5.41) is 7.43. The van der Waals surface area contributed by atoms with Gasteiger partial charge in [-0.15, -0.1) is 0 Å². The van der Waals surface area contributed by atoms with Crippen molar-refractivity contribution in [3.63, 3.8) is 0 Å². The van der Waals surface area contributed by atoms with Crippen LogP contribution in [0.3, 0.4) is 0 Å². The van der Waals surface area contributed by atoms with Crippen LogP contribution < -0.4 is 5.32 Å². The van der Waals surface area contributed by atoms with Crippen LogP contribution in [0.4, 0.5) is 5.82 Å². The zero-order valence-corrected chi connectivity index (χ0v) is 10.4. The van der Waals surface area contributed by atoms with Crippen LogP contribution in [0.5, 0.6) is 0 Å². The van der Waals surface area contributed by atoms with E-state index in [0.29, 0.717) is 6.54 Å². The zero-order chi connectivity index (χ0) is 12.3. The molecule has 0 unspecified atom stereocenters. The summed E-state index contributed by atoms with van der Waals surface area (Å²) in [7, 11) is 0. The first-order valence-electron chi connectivity index (χ1n) is 5.76. The van der Waals surface area contributed by atoms with Crippen LogP contribution in [0, 0.1) is 13.8 Å². The Bertz CT molecular complexity index is 503. The highest BCUT2D eigenvalue weighted by Crippen LogP contribution is 2.07. The van der Waals surface area contributed by atoms with Crippen LogP contribution in [0.2, 0.25) is 0 Å². The molecule has 0 fully saturated rings. The monoisotopic (exact) mass is 231 g/mol. The lowest BCUT2D eigenvalue weighted by molar-refractivity contribution is 0.635. The van der Waals surface area contributed by atoms with Crippen molar-refractivity contribution in [3.05, 3.63) is 35.5 Å². The topological polar surface area (TPSA) is 55.6 Å². The minimum atomic E-state index is 0.610. The molecule has 0 aromatic carbocycles. The standard InChI is InChI=1S/C12H17N5/c1-4-13-11-7-9(2)15-12(16-11)8-17-10(3)5-6-14-17/h5-7H,4,8H2,1-3H3,(H,13,15,16). The molecule has 5 heteroatoms. The molecular weight excluding hydrogens is 214 g/mol. The van der Waals surface area contributed by atoms with Crippen LogP contribution in [-0.2, 0) is 6.54 Å². The van der Waals surface area contributed by atoms with Gasteiger partial charge in [-0.3, -0.25) is 4.68 Å². The van der Waals surface area contributed by atoms with Crippen LogP contribution in [0.25, 0.3) is 0 Å². The molecule has 17 heavy (non-hydrogen) atoms. The largest absolute Gasteiger partial charge is 0.370 e. The van der Waals surface area contributed by atoms with Crippen molar-refractivity contribution in [1.82, 2.24) is 19.7 Å². The van der Waals surface area contributed by atoms with Crippen molar-refractivity contribution < 1.29 is 0 Å². The number of anilines is 1. The second-order valence-electron chi connectivity index (χ2n) is 3.97. The van der Waals surface area contributed by atoms with Crippen molar-refractivity contribution >= 4 is 5.82 Å². The maximum atomic E-state index is 4.46. The van der Waals surface area contributed by atoms with Gasteiger partial charge in [0.1, 0.15) is 12.4 Å². The van der Waals surface area contributed by atoms with Gasteiger partial charge in [0, 0.05) is 30.2 Å². The third-order valence-corrected chi connectivity index (χ3v) is 2.48. The number of aromatic nitrogens is 4. The third-order valence-electron chi connectivity index (χ3n) is 2.48. The molecule has 0 bridgehead atoms. The molecule has 2 aromatic rings. The smallest absolute Gasteiger partial charge is 0.152 e. The van der Waals surface area contributed by atoms with Crippen LogP contribution in [0.1, 0.15) is 24.1 Å². The summed E-state index contributed by atoms with van der Waals surface area (Å²) >= 11 is 0. The average molecular weight is 231 g/mol. The lowest BCUT2D eigenvalue weighted by atomic mass is 10.4. The SMILES string of the molecule is CCNc1cc(C)nc(Cn2nccc2C)n1. The Morgan fingerprint density at radius 1 is 1.29 bits per heavy atom. The van der Waals surface area contributed by atoms with Crippen molar-refractivity contribution in [3.8, 4) is 0 Å². The number of rotatable bonds is 4. The van der Waals surface area contributed by atoms with Crippen LogP contribution in [-0.4, -0.2) is 26.3 Å². The van der Waals surface area contributed by atoms with E-state index >= 15 is 0 Å². The number of aryl methyl sites for hydroxylation is 2. The van der Waals surface area contributed by atoms with Gasteiger partial charge in [0.25, 0.3) is 0 Å². The zero-order valence-electron chi connectivity index (χ0n) is 10.4.